The van der Waals surface area contributed by atoms with Crippen LogP contribution >= 0.6 is 11.6 Å². The summed E-state index contributed by atoms with van der Waals surface area (Å²) in [4.78, 5) is 68.8. The Morgan fingerprint density at radius 1 is 0.816 bits per heavy atom. The molecule has 0 bridgehead atoms. The van der Waals surface area contributed by atoms with Crippen LogP contribution in [0.2, 0.25) is 5.02 Å². The topological polar surface area (TPSA) is 149 Å². The number of rotatable bonds is 15. The zero-order valence-electron chi connectivity index (χ0n) is 29.1. The molecular weight excluding hydrogens is 646 g/mol. The minimum absolute atomic E-state index is 0.0724. The van der Waals surface area contributed by atoms with E-state index in [2.05, 4.69) is 21.3 Å². The summed E-state index contributed by atoms with van der Waals surface area (Å²) in [6.45, 7) is 10.7. The summed E-state index contributed by atoms with van der Waals surface area (Å²) in [7, 11) is 0. The van der Waals surface area contributed by atoms with E-state index in [1.165, 1.54) is 0 Å². The zero-order chi connectivity index (χ0) is 35.7. The number of likely N-dealkylation sites (tertiary alicyclic amines) is 1. The monoisotopic (exact) mass is 695 g/mol. The Morgan fingerprint density at radius 2 is 1.37 bits per heavy atom. The molecule has 0 aliphatic carbocycles. The molecule has 2 fully saturated rings. The molecule has 266 valence electrons. The first-order chi connectivity index (χ1) is 23.2. The Morgan fingerprint density at radius 3 is 1.94 bits per heavy atom. The molecule has 12 heteroatoms. The van der Waals surface area contributed by atoms with E-state index >= 15 is 0 Å². The third-order valence-electron chi connectivity index (χ3n) is 8.94. The van der Waals surface area contributed by atoms with Crippen LogP contribution in [0.4, 0.5) is 10.5 Å². The Hall–Kier alpha value is -3.96. The van der Waals surface area contributed by atoms with Gasteiger partial charge >= 0.3 is 6.03 Å². The fourth-order valence-corrected chi connectivity index (χ4v) is 6.12. The van der Waals surface area contributed by atoms with Gasteiger partial charge in [0.15, 0.2) is 5.78 Å². The van der Waals surface area contributed by atoms with Crippen molar-refractivity contribution < 1.29 is 28.7 Å². The number of benzene rings is 2. The van der Waals surface area contributed by atoms with Gasteiger partial charge in [-0.25, -0.2) is 4.79 Å². The Kier molecular flexibility index (Phi) is 13.2. The number of anilines is 1. The highest BCUT2D eigenvalue weighted by molar-refractivity contribution is 6.30. The number of hydrogen-bond donors (Lipinski definition) is 4. The number of urea groups is 1. The van der Waals surface area contributed by atoms with Crippen molar-refractivity contribution in [3.8, 4) is 0 Å². The number of halogens is 1. The largest absolute Gasteiger partial charge is 0.361 e. The number of nitrogens with zero attached hydrogens (tertiary/aromatic N) is 1. The highest BCUT2D eigenvalue weighted by atomic mass is 35.5. The van der Waals surface area contributed by atoms with Crippen molar-refractivity contribution in [2.75, 3.05) is 25.0 Å². The zero-order valence-corrected chi connectivity index (χ0v) is 29.8. The van der Waals surface area contributed by atoms with Crippen molar-refractivity contribution in [1.82, 2.24) is 20.9 Å². The van der Waals surface area contributed by atoms with Crippen LogP contribution < -0.4 is 21.3 Å². The molecule has 5 amide bonds. The molecule has 4 unspecified atom stereocenters. The third-order valence-corrected chi connectivity index (χ3v) is 9.19. The number of hydrogen-bond acceptors (Lipinski definition) is 6. The van der Waals surface area contributed by atoms with Gasteiger partial charge in [-0.1, -0.05) is 69.6 Å². The lowest BCUT2D eigenvalue weighted by Crippen LogP contribution is -2.58. The molecule has 2 heterocycles. The van der Waals surface area contributed by atoms with Gasteiger partial charge in [0.2, 0.25) is 17.7 Å². The smallest absolute Gasteiger partial charge is 0.321 e. The molecular formula is C37H50ClN5O6. The van der Waals surface area contributed by atoms with Crippen LogP contribution in [-0.2, 0) is 30.3 Å². The Balaban J connectivity index is 1.40. The molecule has 2 aromatic rings. The van der Waals surface area contributed by atoms with E-state index in [1.54, 1.807) is 36.1 Å². The molecule has 0 saturated carbocycles. The van der Waals surface area contributed by atoms with Gasteiger partial charge in [-0.05, 0) is 74.3 Å². The van der Waals surface area contributed by atoms with E-state index in [1.807, 2.05) is 58.0 Å². The molecule has 4 rings (SSSR count). The van der Waals surface area contributed by atoms with Crippen molar-refractivity contribution in [3.05, 3.63) is 65.2 Å². The fraction of sp³-hybridized carbons (Fsp3) is 0.541. The number of ketones is 1. The SMILES string of the molecule is CC(C)CC(NC(=O)C1CCN(C(=O)Nc2ccc(Cl)cc2)CC1)C(=O)NC(Cc1ccccc1)C(=O)NC(CC(C)C)C(=O)C1(C)CO1. The molecule has 2 aromatic carbocycles. The van der Waals surface area contributed by atoms with Gasteiger partial charge in [0.25, 0.3) is 0 Å². The number of piperidine rings is 1. The number of epoxide rings is 1. The summed E-state index contributed by atoms with van der Waals surface area (Å²) < 4.78 is 5.39. The lowest BCUT2D eigenvalue weighted by molar-refractivity contribution is -0.135. The van der Waals surface area contributed by atoms with E-state index in [9.17, 15) is 24.0 Å². The van der Waals surface area contributed by atoms with E-state index in [4.69, 9.17) is 16.3 Å². The van der Waals surface area contributed by atoms with E-state index in [0.29, 0.717) is 56.1 Å². The Bertz CT molecular complexity index is 1460. The average Bonchev–Trinajstić information content (AvgIpc) is 3.82. The maximum Gasteiger partial charge on any atom is 0.321 e. The number of nitrogens with one attached hydrogen (secondary N) is 4. The van der Waals surface area contributed by atoms with E-state index in [0.717, 1.165) is 5.56 Å². The number of ether oxygens (including phenoxy) is 1. The number of amides is 5. The number of Topliss-reactive ketones (excluding diaryl/α,β-unsaturated/α-hetero) is 1. The van der Waals surface area contributed by atoms with Crippen LogP contribution in [0.25, 0.3) is 0 Å². The van der Waals surface area contributed by atoms with Crippen LogP contribution in [0.1, 0.15) is 65.9 Å². The van der Waals surface area contributed by atoms with Gasteiger partial charge in [0.1, 0.15) is 17.7 Å². The second-order valence-corrected chi connectivity index (χ2v) is 14.7. The van der Waals surface area contributed by atoms with E-state index < -0.39 is 35.5 Å². The van der Waals surface area contributed by atoms with Gasteiger partial charge in [0.05, 0.1) is 12.6 Å². The summed E-state index contributed by atoms with van der Waals surface area (Å²) in [6, 6.07) is 13.3. The third kappa shape index (κ3) is 11.3. The summed E-state index contributed by atoms with van der Waals surface area (Å²) in [6.07, 6.45) is 1.90. The van der Waals surface area contributed by atoms with Crippen LogP contribution in [0.15, 0.2) is 54.6 Å². The summed E-state index contributed by atoms with van der Waals surface area (Å²) in [5.41, 5.74) is 0.557. The first-order valence-corrected chi connectivity index (χ1v) is 17.6. The molecule has 2 aliphatic rings. The Labute approximate surface area is 294 Å². The second kappa shape index (κ2) is 17.1. The summed E-state index contributed by atoms with van der Waals surface area (Å²) >= 11 is 5.94. The highest BCUT2D eigenvalue weighted by Crippen LogP contribution is 2.30. The van der Waals surface area contributed by atoms with Crippen molar-refractivity contribution in [2.24, 2.45) is 17.8 Å². The molecule has 11 nitrogen and oxygen atoms in total. The lowest BCUT2D eigenvalue weighted by Gasteiger charge is -2.32. The van der Waals surface area contributed by atoms with Crippen LogP contribution in [0.3, 0.4) is 0 Å². The number of carbonyl (C=O) groups excluding carboxylic acids is 5. The predicted octanol–water partition coefficient (Wildman–Crippen LogP) is 4.73. The maximum absolute atomic E-state index is 13.8. The molecule has 49 heavy (non-hydrogen) atoms. The van der Waals surface area contributed by atoms with Crippen molar-refractivity contribution >= 4 is 46.8 Å². The standard InChI is InChI=1S/C37H50ClN5O6/c1-23(2)19-29(32(44)37(5)22-49-37)40-35(47)31(21-25-9-7-6-8-10-25)42-34(46)30(20-24(3)4)41-33(45)26-15-17-43(18-16-26)36(48)39-28-13-11-27(38)12-14-28/h6-14,23-24,26,29-31H,15-22H2,1-5H3,(H,39,48)(H,40,47)(H,41,45)(H,42,46). The number of carbonyl (C=O) groups is 5. The predicted molar refractivity (Wildman–Crippen MR) is 189 cm³/mol. The van der Waals surface area contributed by atoms with Crippen molar-refractivity contribution in [2.45, 2.75) is 90.4 Å². The van der Waals surface area contributed by atoms with Crippen molar-refractivity contribution in [3.63, 3.8) is 0 Å². The maximum atomic E-state index is 13.8. The van der Waals surface area contributed by atoms with Gasteiger partial charge in [0, 0.05) is 36.1 Å². The van der Waals surface area contributed by atoms with Crippen LogP contribution in [0, 0.1) is 17.8 Å². The minimum Gasteiger partial charge on any atom is -0.361 e. The van der Waals surface area contributed by atoms with Crippen LogP contribution in [0.5, 0.6) is 0 Å². The molecule has 0 radical (unpaired) electrons. The first-order valence-electron chi connectivity index (χ1n) is 17.2. The van der Waals surface area contributed by atoms with Crippen molar-refractivity contribution in [1.29, 1.82) is 0 Å². The molecule has 2 aliphatic heterocycles. The highest BCUT2D eigenvalue weighted by Gasteiger charge is 2.50. The molecule has 4 N–H and O–H groups in total. The van der Waals surface area contributed by atoms with Gasteiger partial charge in [-0.15, -0.1) is 0 Å². The van der Waals surface area contributed by atoms with Gasteiger partial charge in [-0.3, -0.25) is 19.2 Å². The summed E-state index contributed by atoms with van der Waals surface area (Å²) in [5, 5.41) is 12.2. The van der Waals surface area contributed by atoms with Crippen LogP contribution in [-0.4, -0.2) is 77.9 Å². The fourth-order valence-electron chi connectivity index (χ4n) is 6.00. The molecule has 0 aromatic heterocycles. The van der Waals surface area contributed by atoms with Gasteiger partial charge in [-0.2, -0.15) is 0 Å². The molecule has 2 saturated heterocycles. The molecule has 4 atom stereocenters. The second-order valence-electron chi connectivity index (χ2n) is 14.2. The lowest BCUT2D eigenvalue weighted by atomic mass is 9.93. The first kappa shape index (κ1) is 37.9. The quantitative estimate of drug-likeness (QED) is 0.198. The average molecular weight is 696 g/mol. The van der Waals surface area contributed by atoms with Gasteiger partial charge < -0.3 is 30.9 Å². The minimum atomic E-state index is -0.987. The van der Waals surface area contributed by atoms with E-state index in [-0.39, 0.29) is 41.9 Å². The summed E-state index contributed by atoms with van der Waals surface area (Å²) in [5.74, 6) is -1.56. The molecule has 0 spiro atoms. The normalized spacial score (nSPS) is 19.5.